The van der Waals surface area contributed by atoms with Gasteiger partial charge in [-0.15, -0.1) is 0 Å². The van der Waals surface area contributed by atoms with E-state index in [1.54, 1.807) is 12.8 Å². The number of allylic oxidation sites excluding steroid dienone is 8. The summed E-state index contributed by atoms with van der Waals surface area (Å²) in [6.45, 7) is 0. The third-order valence-electron chi connectivity index (χ3n) is 11.6. The Kier molecular flexibility index (Phi) is 4.99. The lowest BCUT2D eigenvalue weighted by Gasteiger charge is -2.50. The molecule has 0 radical (unpaired) electrons. The molecule has 1 spiro atoms. The lowest BCUT2D eigenvalue weighted by atomic mass is 9.54. The van der Waals surface area contributed by atoms with Crippen LogP contribution in [0.15, 0.2) is 48.2 Å². The number of hydrogen-bond donors (Lipinski definition) is 1. The zero-order valence-electron chi connectivity index (χ0n) is 19.9. The molecule has 0 aliphatic heterocycles. The van der Waals surface area contributed by atoms with Gasteiger partial charge in [-0.25, -0.2) is 0 Å². The van der Waals surface area contributed by atoms with Gasteiger partial charge in [-0.3, -0.25) is 0 Å². The summed E-state index contributed by atoms with van der Waals surface area (Å²) in [4.78, 5) is 0. The number of hydrogen-bond acceptors (Lipinski definition) is 1. The van der Waals surface area contributed by atoms with Gasteiger partial charge in [0.25, 0.3) is 0 Å². The molecule has 0 saturated heterocycles. The van der Waals surface area contributed by atoms with E-state index >= 15 is 0 Å². The van der Waals surface area contributed by atoms with Gasteiger partial charge in [-0.05, 0) is 129 Å². The Morgan fingerprint density at radius 2 is 1.44 bits per heavy atom. The highest BCUT2D eigenvalue weighted by atomic mass is 14.9. The van der Waals surface area contributed by atoms with E-state index in [2.05, 4.69) is 47.8 Å². The third kappa shape index (κ3) is 2.81. The summed E-state index contributed by atoms with van der Waals surface area (Å²) < 4.78 is 0. The van der Waals surface area contributed by atoms with Crippen LogP contribution < -0.4 is 5.32 Å². The number of rotatable bonds is 2. The van der Waals surface area contributed by atoms with E-state index in [1.165, 1.54) is 76.3 Å². The molecule has 10 atom stereocenters. The summed E-state index contributed by atoms with van der Waals surface area (Å²) in [6, 6.07) is 0.712. The van der Waals surface area contributed by atoms with Crippen molar-refractivity contribution in [2.45, 2.75) is 89.5 Å². The fourth-order valence-corrected chi connectivity index (χ4v) is 10.9. The smallest absolute Gasteiger partial charge is 0.0261 e. The highest BCUT2D eigenvalue weighted by Crippen LogP contribution is 2.76. The maximum absolute atomic E-state index is 4.08. The molecule has 10 unspecified atom stereocenters. The maximum Gasteiger partial charge on any atom is 0.0261 e. The van der Waals surface area contributed by atoms with Crippen molar-refractivity contribution in [1.82, 2.24) is 5.32 Å². The molecule has 7 rings (SSSR count). The molecular formula is C31H43N. The first kappa shape index (κ1) is 20.2. The van der Waals surface area contributed by atoms with Crippen molar-refractivity contribution in [2.75, 3.05) is 0 Å². The van der Waals surface area contributed by atoms with Crippen molar-refractivity contribution in [3.05, 3.63) is 48.2 Å². The third-order valence-corrected chi connectivity index (χ3v) is 11.6. The zero-order chi connectivity index (χ0) is 21.1. The van der Waals surface area contributed by atoms with E-state index in [4.69, 9.17) is 0 Å². The summed E-state index contributed by atoms with van der Waals surface area (Å²) in [5.41, 5.74) is 2.10. The first-order valence-electron chi connectivity index (χ1n) is 14.3. The van der Waals surface area contributed by atoms with Gasteiger partial charge in [0.15, 0.2) is 0 Å². The van der Waals surface area contributed by atoms with E-state index in [1.807, 2.05) is 0 Å². The Hall–Kier alpha value is -1.24. The largest absolute Gasteiger partial charge is 0.386 e. The topological polar surface area (TPSA) is 12.0 Å². The fourth-order valence-electron chi connectivity index (χ4n) is 10.9. The van der Waals surface area contributed by atoms with Crippen LogP contribution in [0, 0.1) is 52.8 Å². The molecule has 4 saturated carbocycles. The van der Waals surface area contributed by atoms with Crippen molar-refractivity contribution >= 4 is 0 Å². The van der Waals surface area contributed by atoms with Gasteiger partial charge in [0, 0.05) is 11.7 Å². The summed E-state index contributed by atoms with van der Waals surface area (Å²) in [7, 11) is 0. The Morgan fingerprint density at radius 3 is 2.19 bits per heavy atom. The highest BCUT2D eigenvalue weighted by molar-refractivity contribution is 5.27. The quantitative estimate of drug-likeness (QED) is 0.446. The summed E-state index contributed by atoms with van der Waals surface area (Å²) >= 11 is 0. The molecule has 0 heterocycles. The van der Waals surface area contributed by atoms with Crippen molar-refractivity contribution in [3.63, 3.8) is 0 Å². The van der Waals surface area contributed by atoms with Gasteiger partial charge in [-0.1, -0.05) is 49.3 Å². The monoisotopic (exact) mass is 429 g/mol. The zero-order valence-corrected chi connectivity index (χ0v) is 19.9. The first-order chi connectivity index (χ1) is 15.9. The van der Waals surface area contributed by atoms with Gasteiger partial charge in [-0.2, -0.15) is 0 Å². The van der Waals surface area contributed by atoms with Crippen molar-refractivity contribution in [2.24, 2.45) is 52.8 Å². The minimum absolute atomic E-state index is 0.583. The summed E-state index contributed by atoms with van der Waals surface area (Å²) in [6.07, 6.45) is 36.3. The summed E-state index contributed by atoms with van der Waals surface area (Å²) in [5.74, 6) is 7.74. The molecule has 172 valence electrons. The van der Waals surface area contributed by atoms with E-state index in [0.717, 1.165) is 47.3 Å². The van der Waals surface area contributed by atoms with Crippen LogP contribution in [0.2, 0.25) is 0 Å². The molecule has 1 heteroatoms. The molecule has 7 aliphatic rings. The van der Waals surface area contributed by atoms with E-state index in [0.29, 0.717) is 11.5 Å². The highest BCUT2D eigenvalue weighted by Gasteiger charge is 2.71. The van der Waals surface area contributed by atoms with Crippen LogP contribution in [0.25, 0.3) is 0 Å². The minimum Gasteiger partial charge on any atom is -0.386 e. The van der Waals surface area contributed by atoms with Crippen molar-refractivity contribution in [1.29, 1.82) is 0 Å². The maximum atomic E-state index is 4.08. The molecular weight excluding hydrogens is 386 g/mol. The standard InChI is InChI=1S/C31H43N/c1-2-10-21(11-3-1)32-22-18-19-26-25-14-6-9-17-29(25)31(30(26)20-22)27-15-7-4-12-23(27)24-13-5-8-16-28(24)31/h1-2,7,9-10,15,17,22-30,32H,3-6,8,11-14,16,18-20H2. The lowest BCUT2D eigenvalue weighted by Crippen LogP contribution is -2.47. The van der Waals surface area contributed by atoms with Crippen LogP contribution in [-0.4, -0.2) is 6.04 Å². The molecule has 7 aliphatic carbocycles. The van der Waals surface area contributed by atoms with Crippen LogP contribution in [0.4, 0.5) is 0 Å². The molecule has 0 aromatic rings. The van der Waals surface area contributed by atoms with Gasteiger partial charge < -0.3 is 5.32 Å². The van der Waals surface area contributed by atoms with Crippen molar-refractivity contribution in [3.8, 4) is 0 Å². The van der Waals surface area contributed by atoms with E-state index in [9.17, 15) is 0 Å². The molecule has 0 aromatic heterocycles. The van der Waals surface area contributed by atoms with Gasteiger partial charge >= 0.3 is 0 Å². The van der Waals surface area contributed by atoms with Crippen LogP contribution in [-0.2, 0) is 0 Å². The molecule has 4 fully saturated rings. The SMILES string of the molecule is C1=CCCC(NC2CCC3C4CCC=CC4C4(C5C=CCCC5C5CCCCC54)C3C2)=C1. The summed E-state index contributed by atoms with van der Waals surface area (Å²) in [5, 5.41) is 4.08. The first-order valence-corrected chi connectivity index (χ1v) is 14.3. The van der Waals surface area contributed by atoms with Crippen LogP contribution >= 0.6 is 0 Å². The van der Waals surface area contributed by atoms with E-state index < -0.39 is 0 Å². The predicted molar refractivity (Wildman–Crippen MR) is 133 cm³/mol. The molecule has 0 aromatic carbocycles. The van der Waals surface area contributed by atoms with E-state index in [-0.39, 0.29) is 0 Å². The molecule has 1 N–H and O–H groups in total. The minimum atomic E-state index is 0.583. The van der Waals surface area contributed by atoms with Crippen LogP contribution in [0.3, 0.4) is 0 Å². The van der Waals surface area contributed by atoms with Crippen LogP contribution in [0.1, 0.15) is 83.5 Å². The van der Waals surface area contributed by atoms with Crippen LogP contribution in [0.5, 0.6) is 0 Å². The molecule has 0 amide bonds. The second-order valence-corrected chi connectivity index (χ2v) is 12.5. The second kappa shape index (κ2) is 7.92. The fraction of sp³-hybridized carbons (Fsp3) is 0.742. The average molecular weight is 430 g/mol. The molecule has 1 nitrogen and oxygen atoms in total. The predicted octanol–water partition coefficient (Wildman–Crippen LogP) is 7.58. The lowest BCUT2D eigenvalue weighted by molar-refractivity contribution is 0.00161. The second-order valence-electron chi connectivity index (χ2n) is 12.5. The van der Waals surface area contributed by atoms with Gasteiger partial charge in [0.2, 0.25) is 0 Å². The Balaban J connectivity index is 1.29. The Morgan fingerprint density at radius 1 is 0.688 bits per heavy atom. The van der Waals surface area contributed by atoms with Gasteiger partial charge in [0.1, 0.15) is 0 Å². The van der Waals surface area contributed by atoms with Crippen molar-refractivity contribution < 1.29 is 0 Å². The molecule has 0 bridgehead atoms. The Labute approximate surface area is 195 Å². The number of fused-ring (bicyclic) bond motifs is 10. The Bertz CT molecular complexity index is 835. The number of nitrogens with one attached hydrogen (secondary N) is 1. The molecule has 32 heavy (non-hydrogen) atoms. The normalized spacial score (nSPS) is 51.0. The van der Waals surface area contributed by atoms with Gasteiger partial charge in [0.05, 0.1) is 0 Å². The average Bonchev–Trinajstić information content (AvgIpc) is 3.32.